The third-order valence-electron chi connectivity index (χ3n) is 2.72. The van der Waals surface area contributed by atoms with Gasteiger partial charge in [0.05, 0.1) is 18.6 Å². The number of ether oxygens (including phenoxy) is 1. The SMILES string of the molecule is CCC(N)Cc1ccc(OCCCS(C)(=O)=O)cn1. The Morgan fingerprint density at radius 3 is 2.68 bits per heavy atom. The first-order chi connectivity index (χ1) is 8.90. The molecular weight excluding hydrogens is 264 g/mol. The van der Waals surface area contributed by atoms with E-state index >= 15 is 0 Å². The smallest absolute Gasteiger partial charge is 0.147 e. The maximum atomic E-state index is 10.9. The predicted molar refractivity (Wildman–Crippen MR) is 76.0 cm³/mol. The molecule has 0 radical (unpaired) electrons. The van der Waals surface area contributed by atoms with Gasteiger partial charge in [-0.3, -0.25) is 4.98 Å². The largest absolute Gasteiger partial charge is 0.492 e. The molecule has 108 valence electrons. The van der Waals surface area contributed by atoms with Crippen LogP contribution >= 0.6 is 0 Å². The number of nitrogens with zero attached hydrogens (tertiary/aromatic N) is 1. The standard InChI is InChI=1S/C13H22N2O3S/c1-3-11(14)9-12-5-6-13(10-15-12)18-7-4-8-19(2,16)17/h5-6,10-11H,3-4,7-9,14H2,1-2H3. The molecule has 0 aromatic carbocycles. The topological polar surface area (TPSA) is 82.3 Å². The highest BCUT2D eigenvalue weighted by atomic mass is 32.2. The molecule has 5 nitrogen and oxygen atoms in total. The van der Waals surface area contributed by atoms with Gasteiger partial charge in [0.1, 0.15) is 15.6 Å². The monoisotopic (exact) mass is 286 g/mol. The zero-order chi connectivity index (χ0) is 14.3. The Labute approximate surface area is 115 Å². The molecule has 1 aromatic rings. The van der Waals surface area contributed by atoms with Crippen molar-refractivity contribution in [2.45, 2.75) is 32.2 Å². The van der Waals surface area contributed by atoms with E-state index in [2.05, 4.69) is 4.98 Å². The minimum absolute atomic E-state index is 0.133. The Balaban J connectivity index is 2.36. The number of sulfone groups is 1. The molecule has 19 heavy (non-hydrogen) atoms. The van der Waals surface area contributed by atoms with Crippen LogP contribution in [-0.2, 0) is 16.3 Å². The summed E-state index contributed by atoms with van der Waals surface area (Å²) in [4.78, 5) is 4.27. The summed E-state index contributed by atoms with van der Waals surface area (Å²) in [5, 5.41) is 0. The van der Waals surface area contributed by atoms with E-state index in [1.54, 1.807) is 6.20 Å². The molecule has 1 atom stereocenters. The van der Waals surface area contributed by atoms with Crippen molar-refractivity contribution in [2.75, 3.05) is 18.6 Å². The molecule has 0 aliphatic heterocycles. The summed E-state index contributed by atoms with van der Waals surface area (Å²) in [6.07, 6.45) is 5.04. The molecular formula is C13H22N2O3S. The van der Waals surface area contributed by atoms with Crippen molar-refractivity contribution >= 4 is 9.84 Å². The molecule has 1 heterocycles. The molecule has 1 unspecified atom stereocenters. The summed E-state index contributed by atoms with van der Waals surface area (Å²) >= 11 is 0. The number of nitrogens with two attached hydrogens (primary N) is 1. The van der Waals surface area contributed by atoms with Gasteiger partial charge in [0, 0.05) is 24.4 Å². The van der Waals surface area contributed by atoms with Crippen LogP contribution in [-0.4, -0.2) is 38.1 Å². The van der Waals surface area contributed by atoms with Crippen molar-refractivity contribution in [1.82, 2.24) is 4.98 Å². The van der Waals surface area contributed by atoms with Gasteiger partial charge in [-0.2, -0.15) is 0 Å². The van der Waals surface area contributed by atoms with E-state index in [4.69, 9.17) is 10.5 Å². The maximum absolute atomic E-state index is 10.9. The molecule has 0 amide bonds. The third-order valence-corrected chi connectivity index (χ3v) is 3.75. The van der Waals surface area contributed by atoms with E-state index in [-0.39, 0.29) is 11.8 Å². The van der Waals surface area contributed by atoms with Gasteiger partial charge in [-0.15, -0.1) is 0 Å². The lowest BCUT2D eigenvalue weighted by Gasteiger charge is -2.09. The molecule has 0 aliphatic carbocycles. The van der Waals surface area contributed by atoms with Gasteiger partial charge in [0.2, 0.25) is 0 Å². The first-order valence-corrected chi connectivity index (χ1v) is 8.48. The molecule has 0 bridgehead atoms. The quantitative estimate of drug-likeness (QED) is 0.725. The summed E-state index contributed by atoms with van der Waals surface area (Å²) in [5.41, 5.74) is 6.80. The van der Waals surface area contributed by atoms with Crippen LogP contribution in [0.2, 0.25) is 0 Å². The van der Waals surface area contributed by atoms with Gasteiger partial charge in [-0.25, -0.2) is 8.42 Å². The zero-order valence-corrected chi connectivity index (χ0v) is 12.3. The van der Waals surface area contributed by atoms with Crippen molar-refractivity contribution < 1.29 is 13.2 Å². The first kappa shape index (κ1) is 15.9. The van der Waals surface area contributed by atoms with Crippen molar-refractivity contribution in [2.24, 2.45) is 5.73 Å². The summed E-state index contributed by atoms with van der Waals surface area (Å²) in [6, 6.07) is 3.86. The van der Waals surface area contributed by atoms with E-state index in [9.17, 15) is 8.42 Å². The van der Waals surface area contributed by atoms with Gasteiger partial charge in [-0.05, 0) is 25.0 Å². The number of rotatable bonds is 8. The highest BCUT2D eigenvalue weighted by molar-refractivity contribution is 7.90. The fraction of sp³-hybridized carbons (Fsp3) is 0.615. The van der Waals surface area contributed by atoms with Crippen LogP contribution in [0, 0.1) is 0 Å². The molecule has 0 saturated heterocycles. The van der Waals surface area contributed by atoms with Crippen molar-refractivity contribution in [1.29, 1.82) is 0 Å². The molecule has 0 fully saturated rings. The molecule has 0 spiro atoms. The molecule has 0 aliphatic rings. The molecule has 0 saturated carbocycles. The van der Waals surface area contributed by atoms with E-state index in [1.807, 2.05) is 19.1 Å². The lowest BCUT2D eigenvalue weighted by Crippen LogP contribution is -2.21. The molecule has 2 N–H and O–H groups in total. The van der Waals surface area contributed by atoms with E-state index in [1.165, 1.54) is 6.26 Å². The summed E-state index contributed by atoms with van der Waals surface area (Å²) < 4.78 is 27.3. The van der Waals surface area contributed by atoms with Crippen LogP contribution < -0.4 is 10.5 Å². The van der Waals surface area contributed by atoms with Gasteiger partial charge >= 0.3 is 0 Å². The second-order valence-electron chi connectivity index (χ2n) is 4.69. The lowest BCUT2D eigenvalue weighted by atomic mass is 10.1. The van der Waals surface area contributed by atoms with Crippen LogP contribution in [0.25, 0.3) is 0 Å². The summed E-state index contributed by atoms with van der Waals surface area (Å²) in [6.45, 7) is 2.42. The number of pyridine rings is 1. The number of hydrogen-bond donors (Lipinski definition) is 1. The molecule has 1 aromatic heterocycles. The zero-order valence-electron chi connectivity index (χ0n) is 11.5. The minimum atomic E-state index is -2.91. The average molecular weight is 286 g/mol. The van der Waals surface area contributed by atoms with Crippen molar-refractivity contribution in [3.63, 3.8) is 0 Å². The number of hydrogen-bond acceptors (Lipinski definition) is 5. The van der Waals surface area contributed by atoms with Crippen molar-refractivity contribution in [3.05, 3.63) is 24.0 Å². The summed E-state index contributed by atoms with van der Waals surface area (Å²) in [7, 11) is -2.91. The van der Waals surface area contributed by atoms with E-state index < -0.39 is 9.84 Å². The lowest BCUT2D eigenvalue weighted by molar-refractivity contribution is 0.316. The Morgan fingerprint density at radius 2 is 2.16 bits per heavy atom. The highest BCUT2D eigenvalue weighted by Gasteiger charge is 2.04. The minimum Gasteiger partial charge on any atom is -0.492 e. The van der Waals surface area contributed by atoms with Crippen LogP contribution in [0.5, 0.6) is 5.75 Å². The van der Waals surface area contributed by atoms with Gasteiger partial charge < -0.3 is 10.5 Å². The fourth-order valence-electron chi connectivity index (χ4n) is 1.54. The first-order valence-electron chi connectivity index (χ1n) is 6.41. The van der Waals surface area contributed by atoms with Crippen molar-refractivity contribution in [3.8, 4) is 5.75 Å². The number of aromatic nitrogens is 1. The normalized spacial score (nSPS) is 13.2. The van der Waals surface area contributed by atoms with Crippen LogP contribution in [0.3, 0.4) is 0 Å². The Morgan fingerprint density at radius 1 is 1.42 bits per heavy atom. The Kier molecular flexibility index (Phi) is 6.24. The molecule has 6 heteroatoms. The Bertz CT molecular complexity index is 471. The highest BCUT2D eigenvalue weighted by Crippen LogP contribution is 2.11. The fourth-order valence-corrected chi connectivity index (χ4v) is 2.18. The Hall–Kier alpha value is -1.14. The molecule has 1 rings (SSSR count). The van der Waals surface area contributed by atoms with Crippen LogP contribution in [0.15, 0.2) is 18.3 Å². The average Bonchev–Trinajstić information content (AvgIpc) is 2.35. The predicted octanol–water partition coefficient (Wildman–Crippen LogP) is 1.17. The van der Waals surface area contributed by atoms with Crippen LogP contribution in [0.1, 0.15) is 25.5 Å². The maximum Gasteiger partial charge on any atom is 0.147 e. The third kappa shape index (κ3) is 7.12. The van der Waals surface area contributed by atoms with E-state index in [0.717, 1.165) is 18.5 Å². The second-order valence-corrected chi connectivity index (χ2v) is 6.95. The van der Waals surface area contributed by atoms with Crippen LogP contribution in [0.4, 0.5) is 0 Å². The van der Waals surface area contributed by atoms with Gasteiger partial charge in [-0.1, -0.05) is 6.92 Å². The van der Waals surface area contributed by atoms with Gasteiger partial charge in [0.15, 0.2) is 0 Å². The second kappa shape index (κ2) is 7.45. The summed E-state index contributed by atoms with van der Waals surface area (Å²) in [5.74, 6) is 0.798. The van der Waals surface area contributed by atoms with Gasteiger partial charge in [0.25, 0.3) is 0 Å². The van der Waals surface area contributed by atoms with E-state index in [0.29, 0.717) is 18.8 Å².